The first-order valence-corrected chi connectivity index (χ1v) is 18.0. The number of rotatable bonds is 6. The summed E-state index contributed by atoms with van der Waals surface area (Å²) in [5, 5.41) is 19.5. The summed E-state index contributed by atoms with van der Waals surface area (Å²) in [5.74, 6) is 0.684. The smallest absolute Gasteiger partial charge is 0.343 e. The molecule has 5 heterocycles. The normalized spacial score (nSPS) is 14.3. The maximum Gasteiger partial charge on any atom is 0.343 e. The lowest BCUT2D eigenvalue weighted by Crippen LogP contribution is -2.43. The summed E-state index contributed by atoms with van der Waals surface area (Å²) >= 11 is 0. The largest absolute Gasteiger partial charge is 0.506 e. The molecule has 54 heavy (non-hydrogen) atoms. The predicted molar refractivity (Wildman–Crippen MR) is 213 cm³/mol. The van der Waals surface area contributed by atoms with Crippen molar-refractivity contribution >= 4 is 38.4 Å². The van der Waals surface area contributed by atoms with Gasteiger partial charge in [-0.15, -0.1) is 0 Å². The number of nitrogens with zero attached hydrogens (tertiary/aromatic N) is 7. The van der Waals surface area contributed by atoms with E-state index in [0.29, 0.717) is 33.4 Å². The Balaban J connectivity index is 0.000000356. The van der Waals surface area contributed by atoms with Gasteiger partial charge in [0.15, 0.2) is 5.65 Å². The Labute approximate surface area is 312 Å². The van der Waals surface area contributed by atoms with Crippen molar-refractivity contribution in [2.45, 2.75) is 19.5 Å². The number of likely N-dealkylation sites (N-methyl/N-ethyl adjacent to an activating group) is 1. The van der Waals surface area contributed by atoms with Crippen LogP contribution in [0.2, 0.25) is 0 Å². The molecule has 1 aliphatic rings. The molecule has 3 N–H and O–H groups in total. The van der Waals surface area contributed by atoms with Gasteiger partial charge in [0.25, 0.3) is 0 Å². The summed E-state index contributed by atoms with van der Waals surface area (Å²) in [4.78, 5) is 31.0. The highest BCUT2D eigenvalue weighted by atomic mass is 16.4. The van der Waals surface area contributed by atoms with Crippen LogP contribution in [0.15, 0.2) is 131 Å². The molecule has 11 nitrogen and oxygen atoms in total. The predicted octanol–water partition coefficient (Wildman–Crippen LogP) is 7.15. The first kappa shape index (κ1) is 34.6. The molecular formula is C43H40N8O3. The molecule has 8 aromatic rings. The zero-order chi connectivity index (χ0) is 37.2. The number of nitrogens with two attached hydrogens (primary N) is 1. The van der Waals surface area contributed by atoms with E-state index in [4.69, 9.17) is 15.2 Å². The summed E-state index contributed by atoms with van der Waals surface area (Å²) < 4.78 is 7.84. The van der Waals surface area contributed by atoms with Crippen LogP contribution in [-0.2, 0) is 6.54 Å². The SMILES string of the molecule is CC(c1oc(=O)c2ccccc2c1-c1cccc(CN2CCN(C)CC2)c1)n1nc(-c2cncc(O)c2)c2c(N)ncnc21.c1ccc2ccccc2c1. The van der Waals surface area contributed by atoms with E-state index in [2.05, 4.69) is 105 Å². The molecule has 1 aliphatic heterocycles. The van der Waals surface area contributed by atoms with Gasteiger partial charge in [-0.25, -0.2) is 19.4 Å². The first-order valence-electron chi connectivity index (χ1n) is 18.0. The van der Waals surface area contributed by atoms with Gasteiger partial charge in [0.05, 0.1) is 17.0 Å². The molecule has 4 aromatic heterocycles. The number of hydrogen-bond donors (Lipinski definition) is 2. The summed E-state index contributed by atoms with van der Waals surface area (Å²) in [6.07, 6.45) is 4.32. The fourth-order valence-electron chi connectivity index (χ4n) is 7.17. The summed E-state index contributed by atoms with van der Waals surface area (Å²) in [7, 11) is 2.15. The molecule has 0 radical (unpaired) electrons. The van der Waals surface area contributed by atoms with Gasteiger partial charge < -0.3 is 20.2 Å². The van der Waals surface area contributed by atoms with Crippen molar-refractivity contribution in [3.05, 3.63) is 144 Å². The number of benzene rings is 4. The minimum Gasteiger partial charge on any atom is -0.506 e. The maximum atomic E-state index is 13.4. The lowest BCUT2D eigenvalue weighted by atomic mass is 9.94. The average Bonchev–Trinajstić information content (AvgIpc) is 3.60. The van der Waals surface area contributed by atoms with Gasteiger partial charge in [0.2, 0.25) is 0 Å². The van der Waals surface area contributed by atoms with Crippen LogP contribution < -0.4 is 11.4 Å². The van der Waals surface area contributed by atoms with Crippen LogP contribution in [0.3, 0.4) is 0 Å². The summed E-state index contributed by atoms with van der Waals surface area (Å²) in [5.41, 5.74) is 10.3. The number of hydrogen-bond acceptors (Lipinski definition) is 10. The van der Waals surface area contributed by atoms with Crippen molar-refractivity contribution in [2.75, 3.05) is 39.0 Å². The standard InChI is InChI=1S/C33H32N8O3.C10H8/c1-20(41-32-28(31(34)36-19-37-32)29(38-41)23-15-24(42)17-35-16-23)30-27(25-8-3-4-9-26(25)33(43)44-30)22-7-5-6-21(14-22)18-40-12-10-39(2)11-13-40;1-2-6-10-8-4-3-7-9(10)5-1/h3-9,14-17,19-20,42H,10-13,18H2,1-2H3,(H2,34,36,37);1-8H. The fourth-order valence-corrected chi connectivity index (χ4v) is 7.17. The van der Waals surface area contributed by atoms with Gasteiger partial charge in [-0.1, -0.05) is 84.9 Å². The Morgan fingerprint density at radius 2 is 1.50 bits per heavy atom. The van der Waals surface area contributed by atoms with Crippen molar-refractivity contribution in [2.24, 2.45) is 0 Å². The van der Waals surface area contributed by atoms with E-state index in [1.807, 2.05) is 25.1 Å². The second kappa shape index (κ2) is 14.9. The number of aromatic nitrogens is 5. The molecule has 4 aromatic carbocycles. The third kappa shape index (κ3) is 6.90. The Morgan fingerprint density at radius 3 is 2.20 bits per heavy atom. The summed E-state index contributed by atoms with van der Waals surface area (Å²) in [6.45, 7) is 6.87. The molecule has 1 unspecified atom stereocenters. The minimum atomic E-state index is -0.570. The molecule has 9 rings (SSSR count). The van der Waals surface area contributed by atoms with Crippen LogP contribution in [0, 0.1) is 0 Å². The second-order valence-electron chi connectivity index (χ2n) is 13.7. The van der Waals surface area contributed by atoms with Gasteiger partial charge in [-0.05, 0) is 54.1 Å². The van der Waals surface area contributed by atoms with Crippen LogP contribution in [0.5, 0.6) is 5.75 Å². The van der Waals surface area contributed by atoms with Gasteiger partial charge in [-0.2, -0.15) is 5.10 Å². The highest BCUT2D eigenvalue weighted by Gasteiger charge is 2.27. The highest BCUT2D eigenvalue weighted by Crippen LogP contribution is 2.39. The van der Waals surface area contributed by atoms with Gasteiger partial charge in [0.1, 0.15) is 35.4 Å². The van der Waals surface area contributed by atoms with Crippen LogP contribution >= 0.6 is 0 Å². The molecule has 0 amide bonds. The molecule has 11 heteroatoms. The van der Waals surface area contributed by atoms with E-state index in [9.17, 15) is 9.90 Å². The molecule has 0 saturated carbocycles. The Hall–Kier alpha value is -6.43. The number of anilines is 1. The Bertz CT molecular complexity index is 2600. The zero-order valence-corrected chi connectivity index (χ0v) is 30.1. The van der Waals surface area contributed by atoms with Crippen molar-refractivity contribution < 1.29 is 9.52 Å². The van der Waals surface area contributed by atoms with E-state index in [1.165, 1.54) is 28.9 Å². The van der Waals surface area contributed by atoms with E-state index < -0.39 is 11.7 Å². The van der Waals surface area contributed by atoms with Crippen LogP contribution in [0.1, 0.15) is 24.3 Å². The number of aromatic hydroxyl groups is 1. The first-order chi connectivity index (χ1) is 26.3. The topological polar surface area (TPSA) is 139 Å². The quantitative estimate of drug-likeness (QED) is 0.182. The number of piperazine rings is 1. The van der Waals surface area contributed by atoms with Crippen molar-refractivity contribution in [1.29, 1.82) is 0 Å². The Kier molecular flexibility index (Phi) is 9.56. The zero-order valence-electron chi connectivity index (χ0n) is 30.1. The van der Waals surface area contributed by atoms with E-state index in [1.54, 1.807) is 23.0 Å². The molecule has 0 aliphatic carbocycles. The fraction of sp³-hybridized carbons (Fsp3) is 0.186. The molecule has 0 spiro atoms. The highest BCUT2D eigenvalue weighted by molar-refractivity contribution is 5.99. The van der Waals surface area contributed by atoms with Gasteiger partial charge in [0, 0.05) is 55.4 Å². The third-order valence-corrected chi connectivity index (χ3v) is 10.0. The number of fused-ring (bicyclic) bond motifs is 3. The van der Waals surface area contributed by atoms with Crippen molar-refractivity contribution in [3.8, 4) is 28.1 Å². The molecule has 1 fully saturated rings. The monoisotopic (exact) mass is 716 g/mol. The van der Waals surface area contributed by atoms with Crippen LogP contribution in [0.4, 0.5) is 5.82 Å². The molecule has 1 atom stereocenters. The van der Waals surface area contributed by atoms with E-state index >= 15 is 0 Å². The summed E-state index contributed by atoms with van der Waals surface area (Å²) in [6, 6.07) is 33.6. The third-order valence-electron chi connectivity index (χ3n) is 10.0. The molecule has 1 saturated heterocycles. The average molecular weight is 717 g/mol. The van der Waals surface area contributed by atoms with Gasteiger partial charge in [-0.3, -0.25) is 9.88 Å². The lowest BCUT2D eigenvalue weighted by Gasteiger charge is -2.32. The van der Waals surface area contributed by atoms with Crippen molar-refractivity contribution in [1.82, 2.24) is 34.5 Å². The van der Waals surface area contributed by atoms with E-state index in [-0.39, 0.29) is 11.6 Å². The Morgan fingerprint density at radius 1 is 0.815 bits per heavy atom. The number of pyridine rings is 1. The minimum absolute atomic E-state index is 0.00654. The molecule has 0 bridgehead atoms. The van der Waals surface area contributed by atoms with Crippen molar-refractivity contribution in [3.63, 3.8) is 0 Å². The lowest BCUT2D eigenvalue weighted by molar-refractivity contribution is 0.148. The van der Waals surface area contributed by atoms with Crippen LogP contribution in [0.25, 0.3) is 55.0 Å². The van der Waals surface area contributed by atoms with Crippen LogP contribution in [-0.4, -0.2) is 72.9 Å². The van der Waals surface area contributed by atoms with Gasteiger partial charge >= 0.3 is 5.63 Å². The second-order valence-corrected chi connectivity index (χ2v) is 13.7. The molecular weight excluding hydrogens is 677 g/mol. The maximum absolute atomic E-state index is 13.4. The number of nitrogen functional groups attached to an aromatic ring is 1. The molecule has 270 valence electrons. The van der Waals surface area contributed by atoms with E-state index in [0.717, 1.165) is 49.2 Å².